The van der Waals surface area contributed by atoms with Gasteiger partial charge < -0.3 is 0 Å². The van der Waals surface area contributed by atoms with E-state index in [2.05, 4.69) is 0 Å². The van der Waals surface area contributed by atoms with Gasteiger partial charge in [0.25, 0.3) is 17.7 Å². The molecule has 3 rings (SSSR count). The highest BCUT2D eigenvalue weighted by Gasteiger charge is 2.46. The third-order valence-electron chi connectivity index (χ3n) is 3.80. The van der Waals surface area contributed by atoms with Crippen LogP contribution < -0.4 is 0 Å². The zero-order valence-corrected chi connectivity index (χ0v) is 12.0. The number of benzene rings is 1. The maximum Gasteiger partial charge on any atom is 0.262 e. The molecule has 0 aliphatic carbocycles. The fourth-order valence-electron chi connectivity index (χ4n) is 2.70. The molecule has 0 spiro atoms. The topological polar surface area (TPSA) is 74.8 Å². The van der Waals surface area contributed by atoms with Crippen molar-refractivity contribution in [1.82, 2.24) is 9.80 Å². The van der Waals surface area contributed by atoms with Gasteiger partial charge in [-0.25, -0.2) is 4.39 Å². The zero-order valence-electron chi connectivity index (χ0n) is 11.2. The van der Waals surface area contributed by atoms with E-state index in [0.717, 1.165) is 21.9 Å². The highest BCUT2D eigenvalue weighted by atomic mass is 35.5. The van der Waals surface area contributed by atoms with Crippen LogP contribution in [0.4, 0.5) is 4.39 Å². The minimum absolute atomic E-state index is 0.00485. The molecule has 4 amide bonds. The van der Waals surface area contributed by atoms with E-state index in [-0.39, 0.29) is 30.0 Å². The van der Waals surface area contributed by atoms with E-state index in [1.807, 2.05) is 0 Å². The Bertz CT molecular complexity index is 721. The third-order valence-corrected chi connectivity index (χ3v) is 4.03. The Balaban J connectivity index is 1.97. The van der Waals surface area contributed by atoms with Crippen LogP contribution in [0.1, 0.15) is 33.6 Å². The number of imide groups is 2. The number of hydrogen-bond donors (Lipinski definition) is 0. The normalized spacial score (nSPS) is 21.6. The van der Waals surface area contributed by atoms with Crippen LogP contribution in [0.2, 0.25) is 0 Å². The summed E-state index contributed by atoms with van der Waals surface area (Å²) in [7, 11) is 0. The van der Waals surface area contributed by atoms with Crippen molar-refractivity contribution in [1.29, 1.82) is 0 Å². The monoisotopic (exact) mass is 324 g/mol. The number of amides is 4. The molecular formula is C14H10ClFN2O4. The molecule has 0 aromatic heterocycles. The second kappa shape index (κ2) is 5.17. The number of alkyl halides is 1. The molecule has 1 atom stereocenters. The van der Waals surface area contributed by atoms with Gasteiger partial charge in [-0.2, -0.15) is 0 Å². The van der Waals surface area contributed by atoms with Crippen molar-refractivity contribution in [3.05, 3.63) is 35.1 Å². The Morgan fingerprint density at radius 3 is 2.50 bits per heavy atom. The maximum absolute atomic E-state index is 13.3. The molecule has 2 heterocycles. The van der Waals surface area contributed by atoms with E-state index < -0.39 is 35.5 Å². The molecule has 0 radical (unpaired) electrons. The summed E-state index contributed by atoms with van der Waals surface area (Å²) in [6.45, 7) is 0. The SMILES string of the molecule is O=C1CCC(N2C(=O)c3ccc(F)cc3C2=O)C(=O)N1CCl. The Labute approximate surface area is 129 Å². The van der Waals surface area contributed by atoms with E-state index >= 15 is 0 Å². The number of carbonyl (C=O) groups excluding carboxylic acids is 4. The second-order valence-corrected chi connectivity index (χ2v) is 5.24. The summed E-state index contributed by atoms with van der Waals surface area (Å²) in [6, 6.07) is 1.82. The van der Waals surface area contributed by atoms with Crippen LogP contribution in [-0.4, -0.2) is 45.5 Å². The molecule has 2 aliphatic heterocycles. The summed E-state index contributed by atoms with van der Waals surface area (Å²) < 4.78 is 13.3. The van der Waals surface area contributed by atoms with Gasteiger partial charge in [0.05, 0.1) is 11.1 Å². The van der Waals surface area contributed by atoms with E-state index in [4.69, 9.17) is 11.6 Å². The van der Waals surface area contributed by atoms with Gasteiger partial charge in [-0.15, -0.1) is 11.6 Å². The number of halogens is 2. The van der Waals surface area contributed by atoms with Gasteiger partial charge >= 0.3 is 0 Å². The van der Waals surface area contributed by atoms with Gasteiger partial charge in [0.1, 0.15) is 17.9 Å². The van der Waals surface area contributed by atoms with Gasteiger partial charge in [-0.05, 0) is 24.6 Å². The first-order valence-electron chi connectivity index (χ1n) is 6.53. The van der Waals surface area contributed by atoms with Crippen molar-refractivity contribution in [2.75, 3.05) is 6.00 Å². The molecule has 0 bridgehead atoms. The van der Waals surface area contributed by atoms with E-state index in [9.17, 15) is 23.6 Å². The summed E-state index contributed by atoms with van der Waals surface area (Å²) in [6.07, 6.45) is 0.0455. The highest BCUT2D eigenvalue weighted by Crippen LogP contribution is 2.29. The largest absolute Gasteiger partial charge is 0.274 e. The second-order valence-electron chi connectivity index (χ2n) is 5.00. The molecule has 1 unspecified atom stereocenters. The third kappa shape index (κ3) is 2.00. The van der Waals surface area contributed by atoms with Crippen molar-refractivity contribution in [3.8, 4) is 0 Å². The summed E-state index contributed by atoms with van der Waals surface area (Å²) >= 11 is 5.57. The van der Waals surface area contributed by atoms with Gasteiger partial charge in [0.2, 0.25) is 5.91 Å². The van der Waals surface area contributed by atoms with Crippen LogP contribution in [0.3, 0.4) is 0 Å². The predicted octanol–water partition coefficient (Wildman–Crippen LogP) is 1.14. The lowest BCUT2D eigenvalue weighted by molar-refractivity contribution is -0.150. The standard InChI is InChI=1S/C14H10ClFN2O4/c15-6-17-11(19)4-3-10(14(17)22)18-12(20)8-2-1-7(16)5-9(8)13(18)21/h1-2,5,10H,3-4,6H2. The Morgan fingerprint density at radius 2 is 1.82 bits per heavy atom. The van der Waals surface area contributed by atoms with Crippen LogP contribution in [-0.2, 0) is 9.59 Å². The molecule has 114 valence electrons. The van der Waals surface area contributed by atoms with E-state index in [0.29, 0.717) is 0 Å². The molecule has 1 fully saturated rings. The van der Waals surface area contributed by atoms with Crippen molar-refractivity contribution >= 4 is 35.2 Å². The Kier molecular flexibility index (Phi) is 3.44. The number of hydrogen-bond acceptors (Lipinski definition) is 4. The van der Waals surface area contributed by atoms with Crippen LogP contribution in [0, 0.1) is 5.82 Å². The van der Waals surface area contributed by atoms with Crippen LogP contribution >= 0.6 is 11.6 Å². The lowest BCUT2D eigenvalue weighted by atomic mass is 10.0. The van der Waals surface area contributed by atoms with Gasteiger partial charge in [-0.1, -0.05) is 0 Å². The first-order valence-corrected chi connectivity index (χ1v) is 7.06. The number of rotatable bonds is 2. The summed E-state index contributed by atoms with van der Waals surface area (Å²) in [4.78, 5) is 50.1. The van der Waals surface area contributed by atoms with Gasteiger partial charge in [-0.3, -0.25) is 29.0 Å². The van der Waals surface area contributed by atoms with Crippen molar-refractivity contribution in [3.63, 3.8) is 0 Å². The molecule has 22 heavy (non-hydrogen) atoms. The minimum atomic E-state index is -1.09. The minimum Gasteiger partial charge on any atom is -0.274 e. The first kappa shape index (κ1) is 14.6. The van der Waals surface area contributed by atoms with Gasteiger partial charge in [0, 0.05) is 6.42 Å². The van der Waals surface area contributed by atoms with Crippen LogP contribution in [0.15, 0.2) is 18.2 Å². The highest BCUT2D eigenvalue weighted by molar-refractivity contribution is 6.24. The molecule has 1 aromatic carbocycles. The number of nitrogens with zero attached hydrogens (tertiary/aromatic N) is 2. The summed E-state index contributed by atoms with van der Waals surface area (Å²) in [5.74, 6) is -3.18. The molecule has 8 heteroatoms. The number of fused-ring (bicyclic) bond motifs is 1. The van der Waals surface area contributed by atoms with Gasteiger partial charge in [0.15, 0.2) is 0 Å². The van der Waals surface area contributed by atoms with Crippen LogP contribution in [0.5, 0.6) is 0 Å². The Morgan fingerprint density at radius 1 is 1.14 bits per heavy atom. The molecule has 6 nitrogen and oxygen atoms in total. The number of likely N-dealkylation sites (tertiary alicyclic amines) is 1. The average Bonchev–Trinajstić information content (AvgIpc) is 2.72. The molecule has 1 saturated heterocycles. The molecular weight excluding hydrogens is 315 g/mol. The molecule has 2 aliphatic rings. The lowest BCUT2D eigenvalue weighted by Crippen LogP contribution is -2.55. The lowest BCUT2D eigenvalue weighted by Gasteiger charge is -2.33. The first-order chi connectivity index (χ1) is 10.5. The number of carbonyl (C=O) groups is 4. The summed E-state index contributed by atoms with van der Waals surface area (Å²) in [5, 5.41) is 0. The molecule has 1 aromatic rings. The van der Waals surface area contributed by atoms with Crippen LogP contribution in [0.25, 0.3) is 0 Å². The van der Waals surface area contributed by atoms with E-state index in [1.165, 1.54) is 6.07 Å². The average molecular weight is 325 g/mol. The van der Waals surface area contributed by atoms with E-state index in [1.54, 1.807) is 0 Å². The van der Waals surface area contributed by atoms with Crippen molar-refractivity contribution < 1.29 is 23.6 Å². The Hall–Kier alpha value is -2.28. The predicted molar refractivity (Wildman–Crippen MR) is 72.5 cm³/mol. The molecule has 0 N–H and O–H groups in total. The number of piperidine rings is 1. The molecule has 0 saturated carbocycles. The fourth-order valence-corrected chi connectivity index (χ4v) is 2.95. The fraction of sp³-hybridized carbons (Fsp3) is 0.286. The maximum atomic E-state index is 13.3. The smallest absolute Gasteiger partial charge is 0.262 e. The zero-order chi connectivity index (χ0) is 16.0. The quantitative estimate of drug-likeness (QED) is 0.464. The van der Waals surface area contributed by atoms with Crippen molar-refractivity contribution in [2.45, 2.75) is 18.9 Å². The van der Waals surface area contributed by atoms with Crippen molar-refractivity contribution in [2.24, 2.45) is 0 Å². The summed E-state index contributed by atoms with van der Waals surface area (Å²) in [5.41, 5.74) is -0.0272.